The van der Waals surface area contributed by atoms with Gasteiger partial charge in [0.1, 0.15) is 11.6 Å². The number of carbonyl (C=O) groups is 1. The fourth-order valence-electron chi connectivity index (χ4n) is 3.01. The Hall–Kier alpha value is -3.74. The predicted molar refractivity (Wildman–Crippen MR) is 110 cm³/mol. The number of hydrogen-bond acceptors (Lipinski definition) is 6. The molecule has 4 rings (SSSR count). The van der Waals surface area contributed by atoms with Crippen molar-refractivity contribution in [2.45, 2.75) is 12.6 Å². The third-order valence-corrected chi connectivity index (χ3v) is 4.44. The monoisotopic (exact) mass is 375 g/mol. The van der Waals surface area contributed by atoms with E-state index in [-0.39, 0.29) is 5.91 Å². The molecule has 0 saturated carbocycles. The molecule has 28 heavy (non-hydrogen) atoms. The van der Waals surface area contributed by atoms with Crippen LogP contribution in [0.5, 0.6) is 5.75 Å². The highest BCUT2D eigenvalue weighted by Crippen LogP contribution is 2.28. The summed E-state index contributed by atoms with van der Waals surface area (Å²) in [4.78, 5) is 16.7. The summed E-state index contributed by atoms with van der Waals surface area (Å²) in [6.45, 7) is 0.985. The van der Waals surface area contributed by atoms with Crippen LogP contribution in [0, 0.1) is 0 Å². The summed E-state index contributed by atoms with van der Waals surface area (Å²) in [5, 5.41) is 9.39. The number of amides is 1. The SMILES string of the molecule is Nc1ncccc1NCc1cccc(NC(=O)C2CNc3ccccc3O2)c1. The second kappa shape index (κ2) is 7.87. The maximum absolute atomic E-state index is 12.6. The summed E-state index contributed by atoms with van der Waals surface area (Å²) >= 11 is 0. The minimum absolute atomic E-state index is 0.191. The van der Waals surface area contributed by atoms with Gasteiger partial charge in [0.25, 0.3) is 5.91 Å². The van der Waals surface area contributed by atoms with Gasteiger partial charge in [0.05, 0.1) is 17.9 Å². The van der Waals surface area contributed by atoms with Gasteiger partial charge in [-0.1, -0.05) is 24.3 Å². The Morgan fingerprint density at radius 2 is 2.07 bits per heavy atom. The molecule has 1 aliphatic rings. The third kappa shape index (κ3) is 3.98. The number of nitrogen functional groups attached to an aromatic ring is 1. The lowest BCUT2D eigenvalue weighted by molar-refractivity contribution is -0.122. The topological polar surface area (TPSA) is 101 Å². The molecule has 2 aromatic carbocycles. The molecule has 2 heterocycles. The molecule has 3 aromatic rings. The van der Waals surface area contributed by atoms with Gasteiger partial charge in [-0.3, -0.25) is 4.79 Å². The molecule has 1 aliphatic heterocycles. The molecule has 0 aliphatic carbocycles. The number of nitrogens with zero attached hydrogens (tertiary/aromatic N) is 1. The molecule has 0 spiro atoms. The largest absolute Gasteiger partial charge is 0.477 e. The summed E-state index contributed by atoms with van der Waals surface area (Å²) in [6, 6.07) is 18.9. The zero-order valence-electron chi connectivity index (χ0n) is 15.2. The average molecular weight is 375 g/mol. The van der Waals surface area contributed by atoms with E-state index in [1.807, 2.05) is 60.7 Å². The Morgan fingerprint density at radius 3 is 2.96 bits per heavy atom. The van der Waals surface area contributed by atoms with Crippen molar-refractivity contribution in [3.63, 3.8) is 0 Å². The highest BCUT2D eigenvalue weighted by molar-refractivity contribution is 5.95. The van der Waals surface area contributed by atoms with E-state index in [2.05, 4.69) is 20.9 Å². The van der Waals surface area contributed by atoms with E-state index in [1.165, 1.54) is 0 Å². The molecule has 1 amide bonds. The molecule has 0 fully saturated rings. The number of rotatable bonds is 5. The van der Waals surface area contributed by atoms with E-state index in [9.17, 15) is 4.79 Å². The molecule has 7 nitrogen and oxygen atoms in total. The number of anilines is 4. The fraction of sp³-hybridized carbons (Fsp3) is 0.143. The second-order valence-corrected chi connectivity index (χ2v) is 6.46. The van der Waals surface area contributed by atoms with Crippen molar-refractivity contribution >= 4 is 28.8 Å². The van der Waals surface area contributed by atoms with E-state index in [0.29, 0.717) is 30.3 Å². The van der Waals surface area contributed by atoms with Crippen LogP contribution in [0.4, 0.5) is 22.9 Å². The minimum Gasteiger partial charge on any atom is -0.477 e. The van der Waals surface area contributed by atoms with Crippen LogP contribution < -0.4 is 26.4 Å². The molecule has 0 radical (unpaired) electrons. The van der Waals surface area contributed by atoms with Gasteiger partial charge < -0.3 is 26.4 Å². The Bertz CT molecular complexity index is 992. The summed E-state index contributed by atoms with van der Waals surface area (Å²) < 4.78 is 5.81. The lowest BCUT2D eigenvalue weighted by atomic mass is 10.1. The second-order valence-electron chi connectivity index (χ2n) is 6.46. The van der Waals surface area contributed by atoms with E-state index < -0.39 is 6.10 Å². The molecule has 7 heteroatoms. The van der Waals surface area contributed by atoms with Crippen molar-refractivity contribution in [3.8, 4) is 5.75 Å². The normalized spacial score (nSPS) is 14.9. The van der Waals surface area contributed by atoms with Crippen molar-refractivity contribution in [1.29, 1.82) is 0 Å². The molecule has 5 N–H and O–H groups in total. The highest BCUT2D eigenvalue weighted by Gasteiger charge is 2.25. The fourth-order valence-corrected chi connectivity index (χ4v) is 3.01. The first-order valence-electron chi connectivity index (χ1n) is 9.03. The molecule has 0 bridgehead atoms. The lowest BCUT2D eigenvalue weighted by Crippen LogP contribution is -2.41. The lowest BCUT2D eigenvalue weighted by Gasteiger charge is -2.26. The Kier molecular flexibility index (Phi) is 4.97. The van der Waals surface area contributed by atoms with Crippen molar-refractivity contribution in [2.24, 2.45) is 0 Å². The number of para-hydroxylation sites is 2. The van der Waals surface area contributed by atoms with Crippen molar-refractivity contribution in [2.75, 3.05) is 28.2 Å². The van der Waals surface area contributed by atoms with Gasteiger partial charge in [-0.2, -0.15) is 0 Å². The number of nitrogens with one attached hydrogen (secondary N) is 3. The summed E-state index contributed by atoms with van der Waals surface area (Å²) in [5.41, 5.74) is 9.24. The molecule has 1 atom stereocenters. The van der Waals surface area contributed by atoms with Gasteiger partial charge >= 0.3 is 0 Å². The van der Waals surface area contributed by atoms with Crippen LogP contribution in [0.15, 0.2) is 66.9 Å². The standard InChI is InChI=1S/C21H21N5O2/c22-20-17(8-4-10-23-20)24-12-14-5-3-6-15(11-14)26-21(27)19-13-25-16-7-1-2-9-18(16)28-19/h1-11,19,24-25H,12-13H2,(H2,22,23)(H,26,27). The quantitative estimate of drug-likeness (QED) is 0.547. The van der Waals surface area contributed by atoms with Gasteiger partial charge in [0.2, 0.25) is 0 Å². The van der Waals surface area contributed by atoms with Gasteiger partial charge in [0, 0.05) is 18.4 Å². The van der Waals surface area contributed by atoms with Crippen LogP contribution in [0.25, 0.3) is 0 Å². The first-order chi connectivity index (χ1) is 13.7. The number of pyridine rings is 1. The minimum atomic E-state index is -0.591. The van der Waals surface area contributed by atoms with Crippen molar-refractivity contribution < 1.29 is 9.53 Å². The summed E-state index contributed by atoms with van der Waals surface area (Å²) in [6.07, 6.45) is 1.06. The maximum atomic E-state index is 12.6. The van der Waals surface area contributed by atoms with Gasteiger partial charge in [-0.25, -0.2) is 4.98 Å². The van der Waals surface area contributed by atoms with Crippen LogP contribution in [0.1, 0.15) is 5.56 Å². The number of aromatic nitrogens is 1. The van der Waals surface area contributed by atoms with Crippen molar-refractivity contribution in [1.82, 2.24) is 4.98 Å². The number of hydrogen-bond donors (Lipinski definition) is 4. The van der Waals surface area contributed by atoms with Crippen LogP contribution >= 0.6 is 0 Å². The van der Waals surface area contributed by atoms with Gasteiger partial charge in [0.15, 0.2) is 6.10 Å². The van der Waals surface area contributed by atoms with E-state index in [4.69, 9.17) is 10.5 Å². The molecule has 1 aromatic heterocycles. The number of carbonyl (C=O) groups excluding carboxylic acids is 1. The van der Waals surface area contributed by atoms with Crippen molar-refractivity contribution in [3.05, 3.63) is 72.4 Å². The zero-order valence-corrected chi connectivity index (χ0v) is 15.2. The number of nitrogens with two attached hydrogens (primary N) is 1. The molecular weight excluding hydrogens is 354 g/mol. The Balaban J connectivity index is 1.38. The average Bonchev–Trinajstić information content (AvgIpc) is 2.73. The first-order valence-corrected chi connectivity index (χ1v) is 9.03. The van der Waals surface area contributed by atoms with Crippen LogP contribution in [0.3, 0.4) is 0 Å². The van der Waals surface area contributed by atoms with Gasteiger partial charge in [-0.05, 0) is 42.0 Å². The molecule has 1 unspecified atom stereocenters. The smallest absolute Gasteiger partial charge is 0.267 e. The predicted octanol–water partition coefficient (Wildman–Crippen LogP) is 3.09. The van der Waals surface area contributed by atoms with E-state index in [1.54, 1.807) is 6.20 Å². The van der Waals surface area contributed by atoms with Crippen LogP contribution in [-0.2, 0) is 11.3 Å². The Morgan fingerprint density at radius 1 is 1.18 bits per heavy atom. The zero-order chi connectivity index (χ0) is 19.3. The molecule has 0 saturated heterocycles. The van der Waals surface area contributed by atoms with Crippen LogP contribution in [0.2, 0.25) is 0 Å². The maximum Gasteiger partial charge on any atom is 0.267 e. The third-order valence-electron chi connectivity index (χ3n) is 4.44. The molecule has 142 valence electrons. The first kappa shape index (κ1) is 17.7. The van der Waals surface area contributed by atoms with Crippen LogP contribution in [-0.4, -0.2) is 23.5 Å². The number of fused-ring (bicyclic) bond motifs is 1. The highest BCUT2D eigenvalue weighted by atomic mass is 16.5. The Labute approximate surface area is 162 Å². The van der Waals surface area contributed by atoms with E-state index >= 15 is 0 Å². The van der Waals surface area contributed by atoms with Gasteiger partial charge in [-0.15, -0.1) is 0 Å². The summed E-state index contributed by atoms with van der Waals surface area (Å²) in [7, 11) is 0. The number of benzene rings is 2. The summed E-state index contributed by atoms with van der Waals surface area (Å²) in [5.74, 6) is 0.943. The molecular formula is C21H21N5O2. The van der Waals surface area contributed by atoms with E-state index in [0.717, 1.165) is 16.9 Å². The number of ether oxygens (including phenoxy) is 1.